The molecule has 2 rings (SSSR count). The molecule has 0 bridgehead atoms. The summed E-state index contributed by atoms with van der Waals surface area (Å²) in [6.07, 6.45) is 0.445. The number of hydrogen-bond donors (Lipinski definition) is 1. The van der Waals surface area contributed by atoms with Gasteiger partial charge in [-0.3, -0.25) is 4.68 Å². The molecular weight excluding hydrogens is 332 g/mol. The fraction of sp³-hybridized carbons (Fsp3) is 0.438. The van der Waals surface area contributed by atoms with Gasteiger partial charge >= 0.3 is 0 Å². The lowest BCUT2D eigenvalue weighted by Gasteiger charge is -2.28. The Morgan fingerprint density at radius 3 is 2.57 bits per heavy atom. The average molecular weight is 353 g/mol. The van der Waals surface area contributed by atoms with E-state index in [0.29, 0.717) is 6.42 Å². The Kier molecular flexibility index (Phi) is 5.19. The van der Waals surface area contributed by atoms with E-state index < -0.39 is 5.60 Å². The molecule has 21 heavy (non-hydrogen) atoms. The molecule has 114 valence electrons. The second-order valence-electron chi connectivity index (χ2n) is 5.17. The number of nitrogens with zero attached hydrogens (tertiary/aromatic N) is 2. The Labute approximate surface area is 133 Å². The highest BCUT2D eigenvalue weighted by atomic mass is 79.9. The molecule has 1 atom stereocenters. The predicted molar refractivity (Wildman–Crippen MR) is 86.3 cm³/mol. The molecule has 0 aliphatic rings. The minimum Gasteiger partial charge on any atom is -0.382 e. The van der Waals surface area contributed by atoms with Gasteiger partial charge in [-0.1, -0.05) is 30.3 Å². The van der Waals surface area contributed by atoms with Gasteiger partial charge in [-0.25, -0.2) is 0 Å². The zero-order valence-electron chi connectivity index (χ0n) is 12.6. The maximum Gasteiger partial charge on any atom is 0.118 e. The zero-order valence-corrected chi connectivity index (χ0v) is 14.2. The van der Waals surface area contributed by atoms with Crippen LogP contribution in [0.25, 0.3) is 0 Å². The van der Waals surface area contributed by atoms with Gasteiger partial charge in [-0.15, -0.1) is 0 Å². The van der Waals surface area contributed by atoms with E-state index in [4.69, 9.17) is 4.74 Å². The highest BCUT2D eigenvalue weighted by molar-refractivity contribution is 9.10. The molecule has 0 spiro atoms. The van der Waals surface area contributed by atoms with E-state index in [0.717, 1.165) is 28.0 Å². The van der Waals surface area contributed by atoms with Gasteiger partial charge in [0.05, 0.1) is 22.5 Å². The van der Waals surface area contributed by atoms with Crippen molar-refractivity contribution in [2.75, 3.05) is 13.7 Å². The quantitative estimate of drug-likeness (QED) is 0.868. The normalized spacial score (nSPS) is 14.1. The number of hydrogen-bond acceptors (Lipinski definition) is 3. The lowest BCUT2D eigenvalue weighted by molar-refractivity contribution is -0.0369. The van der Waals surface area contributed by atoms with Crippen molar-refractivity contribution in [3.05, 3.63) is 51.8 Å². The Morgan fingerprint density at radius 2 is 2.00 bits per heavy atom. The zero-order chi connectivity index (χ0) is 15.5. The van der Waals surface area contributed by atoms with Crippen molar-refractivity contribution < 1.29 is 9.84 Å². The second kappa shape index (κ2) is 6.73. The van der Waals surface area contributed by atoms with Gasteiger partial charge in [0, 0.05) is 20.1 Å². The minimum atomic E-state index is -1.07. The molecule has 0 amide bonds. The molecular formula is C16H21BrN2O2. The van der Waals surface area contributed by atoms with Crippen LogP contribution >= 0.6 is 15.9 Å². The third-order valence-corrected chi connectivity index (χ3v) is 4.64. The average Bonchev–Trinajstić information content (AvgIpc) is 2.76. The van der Waals surface area contributed by atoms with Crippen molar-refractivity contribution >= 4 is 15.9 Å². The van der Waals surface area contributed by atoms with Crippen LogP contribution < -0.4 is 0 Å². The monoisotopic (exact) mass is 352 g/mol. The van der Waals surface area contributed by atoms with Crippen molar-refractivity contribution in [2.24, 2.45) is 0 Å². The van der Waals surface area contributed by atoms with Crippen LogP contribution in [0.3, 0.4) is 0 Å². The number of methoxy groups -OCH3 is 1. The fourth-order valence-electron chi connectivity index (χ4n) is 2.54. The van der Waals surface area contributed by atoms with Crippen LogP contribution in [-0.4, -0.2) is 28.6 Å². The molecule has 1 heterocycles. The van der Waals surface area contributed by atoms with Crippen LogP contribution in [0.1, 0.15) is 23.9 Å². The highest BCUT2D eigenvalue weighted by Gasteiger charge is 2.32. The standard InChI is InChI=1S/C16H21BrN2O2/c1-4-19-14(15(17)12(2)18-19)10-16(20,11-21-3)13-8-6-5-7-9-13/h5-9,20H,4,10-11H2,1-3H3. The van der Waals surface area contributed by atoms with E-state index in [1.165, 1.54) is 0 Å². The molecule has 5 heteroatoms. The van der Waals surface area contributed by atoms with Crippen LogP contribution in [-0.2, 0) is 23.3 Å². The third kappa shape index (κ3) is 3.36. The lowest BCUT2D eigenvalue weighted by Crippen LogP contribution is -2.34. The molecule has 2 aromatic rings. The van der Waals surface area contributed by atoms with Gasteiger partial charge in [0.2, 0.25) is 0 Å². The Balaban J connectivity index is 2.41. The summed E-state index contributed by atoms with van der Waals surface area (Å²) in [5.74, 6) is 0. The number of ether oxygens (including phenoxy) is 1. The van der Waals surface area contributed by atoms with E-state index >= 15 is 0 Å². The first-order chi connectivity index (χ1) is 10.0. The van der Waals surface area contributed by atoms with Crippen molar-refractivity contribution in [1.82, 2.24) is 9.78 Å². The van der Waals surface area contributed by atoms with Crippen molar-refractivity contribution in [1.29, 1.82) is 0 Å². The largest absolute Gasteiger partial charge is 0.382 e. The van der Waals surface area contributed by atoms with Gasteiger partial charge in [-0.2, -0.15) is 5.10 Å². The number of aromatic nitrogens is 2. The van der Waals surface area contributed by atoms with Gasteiger partial charge in [0.15, 0.2) is 0 Å². The van der Waals surface area contributed by atoms with E-state index in [-0.39, 0.29) is 6.61 Å². The number of benzene rings is 1. The van der Waals surface area contributed by atoms with Crippen LogP contribution in [0, 0.1) is 6.92 Å². The topological polar surface area (TPSA) is 47.3 Å². The molecule has 0 saturated heterocycles. The molecule has 1 aromatic carbocycles. The predicted octanol–water partition coefficient (Wildman–Crippen LogP) is 3.05. The summed E-state index contributed by atoms with van der Waals surface area (Å²) < 4.78 is 8.13. The lowest BCUT2D eigenvalue weighted by atomic mass is 9.89. The summed E-state index contributed by atoms with van der Waals surface area (Å²) in [6, 6.07) is 9.63. The minimum absolute atomic E-state index is 0.234. The van der Waals surface area contributed by atoms with Gasteiger partial charge in [0.25, 0.3) is 0 Å². The maximum atomic E-state index is 11.1. The molecule has 0 aliphatic carbocycles. The van der Waals surface area contributed by atoms with Crippen LogP contribution in [0.2, 0.25) is 0 Å². The number of rotatable bonds is 6. The van der Waals surface area contributed by atoms with E-state index in [1.807, 2.05) is 48.9 Å². The van der Waals surface area contributed by atoms with E-state index in [9.17, 15) is 5.11 Å². The highest BCUT2D eigenvalue weighted by Crippen LogP contribution is 2.31. The number of aliphatic hydroxyl groups is 1. The Morgan fingerprint density at radius 1 is 1.33 bits per heavy atom. The molecule has 4 nitrogen and oxygen atoms in total. The molecule has 0 radical (unpaired) electrons. The van der Waals surface area contributed by atoms with Gasteiger partial charge in [0.1, 0.15) is 5.60 Å². The van der Waals surface area contributed by atoms with Crippen LogP contribution in [0.5, 0.6) is 0 Å². The Hall–Kier alpha value is -1.17. The maximum absolute atomic E-state index is 11.1. The van der Waals surface area contributed by atoms with E-state index in [2.05, 4.69) is 21.0 Å². The summed E-state index contributed by atoms with van der Waals surface area (Å²) in [5, 5.41) is 15.6. The molecule has 1 N–H and O–H groups in total. The molecule has 0 saturated carbocycles. The molecule has 1 aromatic heterocycles. The van der Waals surface area contributed by atoms with Crippen LogP contribution in [0.4, 0.5) is 0 Å². The fourth-order valence-corrected chi connectivity index (χ4v) is 2.96. The summed E-state index contributed by atoms with van der Waals surface area (Å²) in [5.41, 5.74) is 1.69. The molecule has 1 unspecified atom stereocenters. The van der Waals surface area contributed by atoms with Crippen molar-refractivity contribution in [3.8, 4) is 0 Å². The second-order valence-corrected chi connectivity index (χ2v) is 5.96. The van der Waals surface area contributed by atoms with Gasteiger partial charge in [-0.05, 0) is 35.3 Å². The molecule has 0 fully saturated rings. The first-order valence-electron chi connectivity index (χ1n) is 7.00. The van der Waals surface area contributed by atoms with Crippen molar-refractivity contribution in [3.63, 3.8) is 0 Å². The summed E-state index contributed by atoms with van der Waals surface area (Å²) in [6.45, 7) is 4.99. The SMILES string of the molecule is CCn1nc(C)c(Br)c1CC(O)(COC)c1ccccc1. The molecule has 0 aliphatic heterocycles. The smallest absolute Gasteiger partial charge is 0.118 e. The number of aryl methyl sites for hydroxylation is 2. The van der Waals surface area contributed by atoms with Crippen molar-refractivity contribution in [2.45, 2.75) is 32.4 Å². The van der Waals surface area contributed by atoms with Crippen LogP contribution in [0.15, 0.2) is 34.8 Å². The summed E-state index contributed by atoms with van der Waals surface area (Å²) in [7, 11) is 1.60. The summed E-state index contributed by atoms with van der Waals surface area (Å²) in [4.78, 5) is 0. The Bertz CT molecular complexity index is 598. The van der Waals surface area contributed by atoms with E-state index in [1.54, 1.807) is 7.11 Å². The summed E-state index contributed by atoms with van der Waals surface area (Å²) >= 11 is 3.58. The first-order valence-corrected chi connectivity index (χ1v) is 7.79. The van der Waals surface area contributed by atoms with Gasteiger partial charge < -0.3 is 9.84 Å². The number of halogens is 1. The first kappa shape index (κ1) is 16.2. The third-order valence-electron chi connectivity index (χ3n) is 3.61.